The molecular formula is C6H15N2NaO. The second kappa shape index (κ2) is 6.16. The van der Waals surface area contributed by atoms with Gasteiger partial charge in [-0.2, -0.15) is 0 Å². The van der Waals surface area contributed by atoms with E-state index < -0.39 is 11.9 Å². The molecule has 0 aromatic carbocycles. The summed E-state index contributed by atoms with van der Waals surface area (Å²) in [4.78, 5) is 10.3. The largest absolute Gasteiger partial charge is 1.00 e. The molecule has 3 nitrogen and oxygen atoms in total. The number of rotatable bonds is 3. The summed E-state index contributed by atoms with van der Waals surface area (Å²) >= 11 is 0. The van der Waals surface area contributed by atoms with Crippen molar-refractivity contribution in [3.63, 3.8) is 0 Å². The Morgan fingerprint density at radius 3 is 2.10 bits per heavy atom. The maximum Gasteiger partial charge on any atom is 1.00 e. The smallest absolute Gasteiger partial charge is 1.00 e. The molecule has 0 fully saturated rings. The van der Waals surface area contributed by atoms with Crippen LogP contribution in [0.1, 0.15) is 21.7 Å². The molecule has 0 heterocycles. The van der Waals surface area contributed by atoms with E-state index in [4.69, 9.17) is 11.5 Å². The van der Waals surface area contributed by atoms with Gasteiger partial charge < -0.3 is 12.9 Å². The first-order valence-corrected chi connectivity index (χ1v) is 3.09. The molecule has 1 amide bonds. The van der Waals surface area contributed by atoms with Gasteiger partial charge in [0.25, 0.3) is 0 Å². The van der Waals surface area contributed by atoms with E-state index in [0.717, 1.165) is 0 Å². The fourth-order valence-corrected chi connectivity index (χ4v) is 0.624. The fourth-order valence-electron chi connectivity index (χ4n) is 0.624. The van der Waals surface area contributed by atoms with Crippen LogP contribution in [-0.2, 0) is 4.79 Å². The monoisotopic (exact) mass is 154 g/mol. The van der Waals surface area contributed by atoms with Gasteiger partial charge in [-0.1, -0.05) is 13.8 Å². The zero-order valence-corrected chi connectivity index (χ0v) is 8.92. The molecule has 0 aliphatic heterocycles. The molecule has 0 aromatic rings. The number of carbonyl (C=O) groups excluding carboxylic acids is 1. The number of carbonyl (C=O) groups is 1. The topological polar surface area (TPSA) is 69.1 Å². The van der Waals surface area contributed by atoms with Crippen LogP contribution in [-0.4, -0.2) is 11.9 Å². The average Bonchev–Trinajstić information content (AvgIpc) is 1.63. The van der Waals surface area contributed by atoms with Crippen molar-refractivity contribution < 1.29 is 35.8 Å². The molecule has 0 saturated heterocycles. The first-order chi connectivity index (χ1) is 4.04. The Morgan fingerprint density at radius 1 is 1.60 bits per heavy atom. The second-order valence-corrected chi connectivity index (χ2v) is 2.64. The van der Waals surface area contributed by atoms with Gasteiger partial charge in [-0.15, -0.1) is 0 Å². The number of amides is 1. The van der Waals surface area contributed by atoms with Crippen LogP contribution in [0.2, 0.25) is 0 Å². The molecule has 0 aliphatic carbocycles. The minimum Gasteiger partial charge on any atom is -1.00 e. The van der Waals surface area contributed by atoms with Crippen molar-refractivity contribution in [2.45, 2.75) is 26.3 Å². The molecule has 4 heteroatoms. The third-order valence-corrected chi connectivity index (χ3v) is 1.09. The van der Waals surface area contributed by atoms with E-state index in [1.807, 2.05) is 13.8 Å². The molecule has 0 saturated carbocycles. The summed E-state index contributed by atoms with van der Waals surface area (Å²) in [5.41, 5.74) is 10.3. The Kier molecular flexibility index (Phi) is 8.04. The Bertz CT molecular complexity index is 111. The van der Waals surface area contributed by atoms with Crippen molar-refractivity contribution >= 4 is 5.91 Å². The predicted molar refractivity (Wildman–Crippen MR) is 37.7 cm³/mol. The van der Waals surface area contributed by atoms with Gasteiger partial charge in [-0.05, 0) is 12.3 Å². The van der Waals surface area contributed by atoms with Crippen molar-refractivity contribution in [3.05, 3.63) is 0 Å². The molecule has 0 bridgehead atoms. The van der Waals surface area contributed by atoms with Gasteiger partial charge in [0.2, 0.25) is 5.91 Å². The molecule has 4 N–H and O–H groups in total. The summed E-state index contributed by atoms with van der Waals surface area (Å²) in [6.07, 6.45) is 0.676. The first-order valence-electron chi connectivity index (χ1n) is 3.09. The van der Waals surface area contributed by atoms with Crippen LogP contribution in [0.15, 0.2) is 0 Å². The summed E-state index contributed by atoms with van der Waals surface area (Å²) in [5, 5.41) is 0. The van der Waals surface area contributed by atoms with Crippen molar-refractivity contribution in [1.82, 2.24) is 0 Å². The Morgan fingerprint density at radius 2 is 2.00 bits per heavy atom. The fraction of sp³-hybridized carbons (Fsp3) is 0.833. The SMILES string of the molecule is CC(C)CC(N)C(N)=O.[H-].[Na+]. The summed E-state index contributed by atoms with van der Waals surface area (Å²) in [7, 11) is 0. The van der Waals surface area contributed by atoms with Gasteiger partial charge in [0, 0.05) is 0 Å². The molecule has 0 aromatic heterocycles. The van der Waals surface area contributed by atoms with E-state index in [9.17, 15) is 4.79 Å². The molecule has 1 atom stereocenters. The molecule has 0 rings (SSSR count). The van der Waals surface area contributed by atoms with Gasteiger partial charge in [-0.25, -0.2) is 0 Å². The normalized spacial score (nSPS) is 12.4. The standard InChI is InChI=1S/C6H14N2O.Na.H/c1-4(2)3-5(7)6(8)9;;/h4-5H,3,7H2,1-2H3,(H2,8,9);;/q;+1;-1. The molecule has 0 radical (unpaired) electrons. The number of nitrogens with two attached hydrogens (primary N) is 2. The molecule has 1 unspecified atom stereocenters. The number of primary amides is 1. The quantitative estimate of drug-likeness (QED) is 0.424. The maximum absolute atomic E-state index is 10.3. The minimum atomic E-state index is -0.468. The van der Waals surface area contributed by atoms with E-state index in [2.05, 4.69) is 0 Å². The van der Waals surface area contributed by atoms with Crippen LogP contribution < -0.4 is 41.0 Å². The summed E-state index contributed by atoms with van der Waals surface area (Å²) in [6.45, 7) is 4.01. The second-order valence-electron chi connectivity index (χ2n) is 2.64. The minimum absolute atomic E-state index is 0. The van der Waals surface area contributed by atoms with Crippen LogP contribution in [0.25, 0.3) is 0 Å². The summed E-state index contributed by atoms with van der Waals surface area (Å²) in [6, 6.07) is -0.468. The van der Waals surface area contributed by atoms with Gasteiger partial charge in [0.05, 0.1) is 6.04 Å². The third-order valence-electron chi connectivity index (χ3n) is 1.09. The molecule has 56 valence electrons. The molecule has 0 aliphatic rings. The van der Waals surface area contributed by atoms with Crippen molar-refractivity contribution in [1.29, 1.82) is 0 Å². The average molecular weight is 154 g/mol. The Balaban J connectivity index is -0.000000320. The van der Waals surface area contributed by atoms with Crippen molar-refractivity contribution in [3.8, 4) is 0 Å². The van der Waals surface area contributed by atoms with Crippen molar-refractivity contribution in [2.75, 3.05) is 0 Å². The first kappa shape index (κ1) is 13.1. The van der Waals surface area contributed by atoms with E-state index in [1.54, 1.807) is 0 Å². The van der Waals surface area contributed by atoms with Gasteiger partial charge in [0.1, 0.15) is 0 Å². The van der Waals surface area contributed by atoms with E-state index in [1.165, 1.54) is 0 Å². The van der Waals surface area contributed by atoms with Crippen LogP contribution in [0, 0.1) is 5.92 Å². The van der Waals surface area contributed by atoms with Gasteiger partial charge in [-0.3, -0.25) is 4.79 Å². The zero-order chi connectivity index (χ0) is 7.44. The Labute approximate surface area is 85.3 Å². The van der Waals surface area contributed by atoms with Gasteiger partial charge in [0.15, 0.2) is 0 Å². The third kappa shape index (κ3) is 6.55. The van der Waals surface area contributed by atoms with Crippen molar-refractivity contribution in [2.24, 2.45) is 17.4 Å². The van der Waals surface area contributed by atoms with Crippen LogP contribution in [0.4, 0.5) is 0 Å². The van der Waals surface area contributed by atoms with Crippen LogP contribution in [0.3, 0.4) is 0 Å². The molecule has 10 heavy (non-hydrogen) atoms. The number of hydrogen-bond donors (Lipinski definition) is 2. The zero-order valence-electron chi connectivity index (χ0n) is 7.92. The Hall–Kier alpha value is 0.430. The molecule has 0 spiro atoms. The van der Waals surface area contributed by atoms with Crippen LogP contribution in [0.5, 0.6) is 0 Å². The van der Waals surface area contributed by atoms with E-state index in [-0.39, 0.29) is 31.0 Å². The molecular weight excluding hydrogens is 139 g/mol. The van der Waals surface area contributed by atoms with E-state index >= 15 is 0 Å². The number of hydrogen-bond acceptors (Lipinski definition) is 2. The van der Waals surface area contributed by atoms with Crippen LogP contribution >= 0.6 is 0 Å². The summed E-state index contributed by atoms with van der Waals surface area (Å²) < 4.78 is 0. The van der Waals surface area contributed by atoms with Gasteiger partial charge >= 0.3 is 29.6 Å². The van der Waals surface area contributed by atoms with E-state index in [0.29, 0.717) is 12.3 Å². The maximum atomic E-state index is 10.3. The summed E-state index contributed by atoms with van der Waals surface area (Å²) in [5.74, 6) is 0.0243. The predicted octanol–water partition coefficient (Wildman–Crippen LogP) is -3.04.